The average molecular weight is 252 g/mol. The minimum absolute atomic E-state index is 0.337. The minimum atomic E-state index is 0.337. The fraction of sp³-hybridized carbons (Fsp3) is 1.00. The number of nitrogens with two attached hydrogens (primary N) is 1. The van der Waals surface area contributed by atoms with Crippen molar-refractivity contribution in [3.8, 4) is 0 Å². The molecule has 1 saturated carbocycles. The van der Waals surface area contributed by atoms with E-state index in [1.165, 1.54) is 58.0 Å². The van der Waals surface area contributed by atoms with Gasteiger partial charge in [-0.15, -0.1) is 0 Å². The molecule has 0 amide bonds. The van der Waals surface area contributed by atoms with Crippen LogP contribution < -0.4 is 5.73 Å². The molecule has 0 aromatic carbocycles. The van der Waals surface area contributed by atoms with E-state index >= 15 is 0 Å². The van der Waals surface area contributed by atoms with Crippen molar-refractivity contribution in [2.45, 2.75) is 71.3 Å². The Morgan fingerprint density at radius 2 is 1.94 bits per heavy atom. The molecule has 1 heterocycles. The monoisotopic (exact) mass is 252 g/mol. The summed E-state index contributed by atoms with van der Waals surface area (Å²) < 4.78 is 0. The summed E-state index contributed by atoms with van der Waals surface area (Å²) in [5.41, 5.74) is 7.13. The maximum Gasteiger partial charge on any atom is 0.0334 e. The third-order valence-corrected chi connectivity index (χ3v) is 6.06. The average Bonchev–Trinajstić information content (AvgIpc) is 2.84. The molecule has 18 heavy (non-hydrogen) atoms. The second kappa shape index (κ2) is 5.50. The number of nitrogens with zero attached hydrogens (tertiary/aromatic N) is 1. The maximum atomic E-state index is 6.21. The fourth-order valence-electron chi connectivity index (χ4n) is 4.40. The maximum absolute atomic E-state index is 6.21. The van der Waals surface area contributed by atoms with E-state index in [1.807, 2.05) is 0 Å². The molecular formula is C16H32N2. The van der Waals surface area contributed by atoms with Crippen LogP contribution in [-0.2, 0) is 0 Å². The molecule has 2 heteroatoms. The van der Waals surface area contributed by atoms with E-state index in [9.17, 15) is 0 Å². The molecule has 2 fully saturated rings. The van der Waals surface area contributed by atoms with Gasteiger partial charge in [-0.05, 0) is 50.0 Å². The molecule has 2 N–H and O–H groups in total. The molecular weight excluding hydrogens is 220 g/mol. The molecule has 0 aromatic heterocycles. The first-order valence-corrected chi connectivity index (χ1v) is 8.05. The van der Waals surface area contributed by atoms with Crippen LogP contribution in [0.15, 0.2) is 0 Å². The first-order chi connectivity index (χ1) is 8.60. The normalized spacial score (nSPS) is 37.0. The van der Waals surface area contributed by atoms with Crippen LogP contribution in [0.3, 0.4) is 0 Å². The van der Waals surface area contributed by atoms with Gasteiger partial charge in [0.25, 0.3) is 0 Å². The quantitative estimate of drug-likeness (QED) is 0.831. The Bertz CT molecular complexity index is 272. The van der Waals surface area contributed by atoms with Gasteiger partial charge in [-0.1, -0.05) is 33.6 Å². The van der Waals surface area contributed by atoms with Crippen LogP contribution in [0.25, 0.3) is 0 Å². The zero-order chi connectivity index (χ0) is 13.2. The summed E-state index contributed by atoms with van der Waals surface area (Å²) >= 11 is 0. The fourth-order valence-corrected chi connectivity index (χ4v) is 4.40. The summed E-state index contributed by atoms with van der Waals surface area (Å²) in [6, 6.07) is 0. The van der Waals surface area contributed by atoms with Crippen LogP contribution in [0.4, 0.5) is 0 Å². The van der Waals surface area contributed by atoms with Gasteiger partial charge in [-0.25, -0.2) is 0 Å². The molecule has 1 aliphatic carbocycles. The zero-order valence-corrected chi connectivity index (χ0v) is 12.7. The van der Waals surface area contributed by atoms with Gasteiger partial charge in [-0.2, -0.15) is 0 Å². The van der Waals surface area contributed by atoms with Crippen molar-refractivity contribution in [3.63, 3.8) is 0 Å². The Balaban J connectivity index is 2.10. The molecule has 0 aromatic rings. The lowest BCUT2D eigenvalue weighted by Gasteiger charge is -2.47. The van der Waals surface area contributed by atoms with E-state index in [0.717, 1.165) is 12.5 Å². The highest BCUT2D eigenvalue weighted by Gasteiger charge is 2.45. The lowest BCUT2D eigenvalue weighted by Crippen LogP contribution is -2.55. The first kappa shape index (κ1) is 14.3. The van der Waals surface area contributed by atoms with Crippen molar-refractivity contribution >= 4 is 0 Å². The molecule has 2 unspecified atom stereocenters. The molecule has 1 saturated heterocycles. The van der Waals surface area contributed by atoms with Crippen LogP contribution in [-0.4, -0.2) is 30.1 Å². The van der Waals surface area contributed by atoms with Crippen molar-refractivity contribution in [2.75, 3.05) is 19.6 Å². The Hall–Kier alpha value is -0.0800. The summed E-state index contributed by atoms with van der Waals surface area (Å²) in [5.74, 6) is 0.862. The zero-order valence-electron chi connectivity index (χ0n) is 12.7. The molecule has 2 rings (SSSR count). The van der Waals surface area contributed by atoms with E-state index in [2.05, 4.69) is 25.7 Å². The molecule has 2 atom stereocenters. The summed E-state index contributed by atoms with van der Waals surface area (Å²) in [6.45, 7) is 10.6. The van der Waals surface area contributed by atoms with Crippen LogP contribution in [0, 0.1) is 11.3 Å². The number of likely N-dealkylation sites (tertiary alicyclic amines) is 1. The molecule has 2 aliphatic rings. The standard InChI is InChI=1S/C16H32N2/c1-4-15(5-2)9-10-18(13-15)16(12-17)8-6-7-14(3)11-16/h14H,4-13,17H2,1-3H3. The van der Waals surface area contributed by atoms with Crippen molar-refractivity contribution in [1.29, 1.82) is 0 Å². The molecule has 0 spiro atoms. The van der Waals surface area contributed by atoms with Gasteiger partial charge in [0, 0.05) is 18.6 Å². The third kappa shape index (κ3) is 2.46. The second-order valence-electron chi connectivity index (χ2n) is 7.01. The van der Waals surface area contributed by atoms with Gasteiger partial charge in [0.2, 0.25) is 0 Å². The summed E-state index contributed by atoms with van der Waals surface area (Å²) in [5, 5.41) is 0. The molecule has 2 nitrogen and oxygen atoms in total. The van der Waals surface area contributed by atoms with Gasteiger partial charge < -0.3 is 5.73 Å². The van der Waals surface area contributed by atoms with Gasteiger partial charge in [0.05, 0.1) is 0 Å². The Morgan fingerprint density at radius 3 is 2.44 bits per heavy atom. The highest BCUT2D eigenvalue weighted by Crippen LogP contribution is 2.44. The lowest BCUT2D eigenvalue weighted by atomic mass is 9.75. The van der Waals surface area contributed by atoms with Gasteiger partial charge >= 0.3 is 0 Å². The van der Waals surface area contributed by atoms with Gasteiger partial charge in [0.1, 0.15) is 0 Å². The van der Waals surface area contributed by atoms with E-state index in [0.29, 0.717) is 11.0 Å². The van der Waals surface area contributed by atoms with Crippen LogP contribution in [0.1, 0.15) is 65.7 Å². The molecule has 1 aliphatic heterocycles. The third-order valence-electron chi connectivity index (χ3n) is 6.06. The first-order valence-electron chi connectivity index (χ1n) is 8.05. The van der Waals surface area contributed by atoms with Crippen LogP contribution in [0.2, 0.25) is 0 Å². The summed E-state index contributed by atoms with van der Waals surface area (Å²) in [6.07, 6.45) is 9.48. The van der Waals surface area contributed by atoms with Crippen molar-refractivity contribution < 1.29 is 0 Å². The topological polar surface area (TPSA) is 29.3 Å². The minimum Gasteiger partial charge on any atom is -0.329 e. The largest absolute Gasteiger partial charge is 0.329 e. The molecule has 0 radical (unpaired) electrons. The van der Waals surface area contributed by atoms with Crippen molar-refractivity contribution in [3.05, 3.63) is 0 Å². The lowest BCUT2D eigenvalue weighted by molar-refractivity contribution is 0.0477. The Morgan fingerprint density at radius 1 is 1.22 bits per heavy atom. The smallest absolute Gasteiger partial charge is 0.0334 e. The van der Waals surface area contributed by atoms with E-state index in [1.54, 1.807) is 0 Å². The van der Waals surface area contributed by atoms with Crippen LogP contribution >= 0.6 is 0 Å². The van der Waals surface area contributed by atoms with Gasteiger partial charge in [0.15, 0.2) is 0 Å². The van der Waals surface area contributed by atoms with E-state index in [4.69, 9.17) is 5.73 Å². The van der Waals surface area contributed by atoms with Crippen molar-refractivity contribution in [2.24, 2.45) is 17.1 Å². The predicted molar refractivity (Wildman–Crippen MR) is 78.6 cm³/mol. The molecule has 106 valence electrons. The SMILES string of the molecule is CCC1(CC)CCN(C2(CN)CCCC(C)C2)C1. The van der Waals surface area contributed by atoms with E-state index in [-0.39, 0.29) is 0 Å². The second-order valence-corrected chi connectivity index (χ2v) is 7.01. The molecule has 0 bridgehead atoms. The predicted octanol–water partition coefficient (Wildman–Crippen LogP) is 3.41. The van der Waals surface area contributed by atoms with E-state index < -0.39 is 0 Å². The summed E-state index contributed by atoms with van der Waals surface area (Å²) in [7, 11) is 0. The van der Waals surface area contributed by atoms with Gasteiger partial charge in [-0.3, -0.25) is 4.90 Å². The van der Waals surface area contributed by atoms with Crippen molar-refractivity contribution in [1.82, 2.24) is 4.90 Å². The van der Waals surface area contributed by atoms with Crippen LogP contribution in [0.5, 0.6) is 0 Å². The number of hydrogen-bond donors (Lipinski definition) is 1. The summed E-state index contributed by atoms with van der Waals surface area (Å²) in [4.78, 5) is 2.77. The number of hydrogen-bond acceptors (Lipinski definition) is 2. The number of rotatable bonds is 4. The Kier molecular flexibility index (Phi) is 4.38. The Labute approximate surface area is 113 Å². The highest BCUT2D eigenvalue weighted by atomic mass is 15.2. The highest BCUT2D eigenvalue weighted by molar-refractivity contribution is 5.01.